The fourth-order valence-corrected chi connectivity index (χ4v) is 2.56. The molecule has 3 rings (SSSR count). The van der Waals surface area contributed by atoms with E-state index in [0.29, 0.717) is 0 Å². The summed E-state index contributed by atoms with van der Waals surface area (Å²) in [4.78, 5) is 4.19. The minimum Gasteiger partial charge on any atom is -0.313 e. The molecular formula is C16H18N4. The highest BCUT2D eigenvalue weighted by atomic mass is 15.2. The number of aromatic nitrogens is 3. The number of fused-ring (bicyclic) bond motifs is 1. The lowest BCUT2D eigenvalue weighted by Gasteiger charge is -2.15. The second-order valence-corrected chi connectivity index (χ2v) is 5.04. The number of rotatable bonds is 4. The summed E-state index contributed by atoms with van der Waals surface area (Å²) in [7, 11) is 1.99. The van der Waals surface area contributed by atoms with E-state index in [4.69, 9.17) is 0 Å². The monoisotopic (exact) mass is 266 g/mol. The molecule has 0 spiro atoms. The zero-order valence-electron chi connectivity index (χ0n) is 11.7. The number of nitrogens with one attached hydrogen (secondary N) is 1. The molecule has 20 heavy (non-hydrogen) atoms. The van der Waals surface area contributed by atoms with Gasteiger partial charge in [0.15, 0.2) is 0 Å². The van der Waals surface area contributed by atoms with E-state index in [1.54, 1.807) is 6.20 Å². The lowest BCUT2D eigenvalue weighted by Crippen LogP contribution is -2.18. The molecule has 3 aromatic rings. The van der Waals surface area contributed by atoms with E-state index in [2.05, 4.69) is 46.6 Å². The molecule has 2 heterocycles. The predicted octanol–water partition coefficient (Wildman–Crippen LogP) is 2.54. The van der Waals surface area contributed by atoms with Gasteiger partial charge in [-0.15, -0.1) is 0 Å². The van der Waals surface area contributed by atoms with E-state index < -0.39 is 0 Å². The highest BCUT2D eigenvalue weighted by molar-refractivity contribution is 5.53. The second-order valence-electron chi connectivity index (χ2n) is 5.04. The molecule has 1 N–H and O–H groups in total. The first-order valence-corrected chi connectivity index (χ1v) is 6.78. The Kier molecular flexibility index (Phi) is 3.48. The van der Waals surface area contributed by atoms with Gasteiger partial charge in [0.1, 0.15) is 0 Å². The van der Waals surface area contributed by atoms with Gasteiger partial charge in [-0.25, -0.2) is 4.52 Å². The number of likely N-dealkylation sites (N-methyl/N-ethyl adjacent to an activating group) is 1. The van der Waals surface area contributed by atoms with Crippen molar-refractivity contribution in [2.75, 3.05) is 7.05 Å². The van der Waals surface area contributed by atoms with Gasteiger partial charge in [0.2, 0.25) is 0 Å². The molecule has 1 atom stereocenters. The van der Waals surface area contributed by atoms with Crippen molar-refractivity contribution in [1.29, 1.82) is 0 Å². The summed E-state index contributed by atoms with van der Waals surface area (Å²) in [6, 6.07) is 8.86. The molecule has 0 fully saturated rings. The smallest absolute Gasteiger partial charge is 0.0892 e. The van der Waals surface area contributed by atoms with Crippen LogP contribution in [0.5, 0.6) is 0 Å². The first-order chi connectivity index (χ1) is 9.78. The Labute approximate surface area is 118 Å². The molecule has 0 aliphatic rings. The van der Waals surface area contributed by atoms with Gasteiger partial charge < -0.3 is 5.32 Å². The van der Waals surface area contributed by atoms with Crippen LogP contribution in [-0.4, -0.2) is 21.6 Å². The summed E-state index contributed by atoms with van der Waals surface area (Å²) in [6.45, 7) is 2.12. The minimum atomic E-state index is 0.235. The fourth-order valence-electron chi connectivity index (χ4n) is 2.56. The Morgan fingerprint density at radius 1 is 1.30 bits per heavy atom. The molecule has 0 bridgehead atoms. The van der Waals surface area contributed by atoms with E-state index in [0.717, 1.165) is 11.9 Å². The van der Waals surface area contributed by atoms with E-state index in [9.17, 15) is 0 Å². The Bertz CT molecular complexity index is 717. The van der Waals surface area contributed by atoms with Gasteiger partial charge in [0.25, 0.3) is 0 Å². The van der Waals surface area contributed by atoms with E-state index in [1.165, 1.54) is 16.7 Å². The Hall–Kier alpha value is -2.20. The molecule has 0 aliphatic carbocycles. The van der Waals surface area contributed by atoms with Crippen molar-refractivity contribution in [2.24, 2.45) is 0 Å². The van der Waals surface area contributed by atoms with Crippen molar-refractivity contribution < 1.29 is 0 Å². The van der Waals surface area contributed by atoms with E-state index >= 15 is 0 Å². The van der Waals surface area contributed by atoms with Crippen LogP contribution in [0.4, 0.5) is 0 Å². The van der Waals surface area contributed by atoms with E-state index in [-0.39, 0.29) is 6.04 Å². The summed E-state index contributed by atoms with van der Waals surface area (Å²) >= 11 is 0. The van der Waals surface area contributed by atoms with Crippen molar-refractivity contribution in [2.45, 2.75) is 19.4 Å². The van der Waals surface area contributed by atoms with Crippen LogP contribution in [0.3, 0.4) is 0 Å². The zero-order valence-corrected chi connectivity index (χ0v) is 11.7. The van der Waals surface area contributed by atoms with Gasteiger partial charge >= 0.3 is 0 Å². The zero-order chi connectivity index (χ0) is 13.9. The summed E-state index contributed by atoms with van der Waals surface area (Å²) < 4.78 is 1.86. The van der Waals surface area contributed by atoms with Gasteiger partial charge in [-0.05, 0) is 26.0 Å². The molecule has 4 heteroatoms. The minimum absolute atomic E-state index is 0.235. The Morgan fingerprint density at radius 3 is 3.00 bits per heavy atom. The standard InChI is InChI=1S/C16H18N4/c1-12-4-3-5-13(8-12)9-15(17-2)14-10-19-20-7-6-18-11-16(14)20/h3-8,10-11,15,17H,9H2,1-2H3. The molecule has 4 nitrogen and oxygen atoms in total. The largest absolute Gasteiger partial charge is 0.313 e. The first kappa shape index (κ1) is 12.8. The van der Waals surface area contributed by atoms with Crippen molar-refractivity contribution in [3.05, 3.63) is 65.7 Å². The van der Waals surface area contributed by atoms with Crippen molar-refractivity contribution in [3.63, 3.8) is 0 Å². The highest BCUT2D eigenvalue weighted by Gasteiger charge is 2.15. The molecule has 2 aromatic heterocycles. The van der Waals surface area contributed by atoms with Crippen LogP contribution in [0.15, 0.2) is 49.1 Å². The van der Waals surface area contributed by atoms with Crippen molar-refractivity contribution in [1.82, 2.24) is 19.9 Å². The molecule has 0 saturated heterocycles. The Balaban J connectivity index is 1.93. The summed E-state index contributed by atoms with van der Waals surface area (Å²) in [6.07, 6.45) is 8.35. The maximum absolute atomic E-state index is 4.38. The van der Waals surface area contributed by atoms with E-state index in [1.807, 2.05) is 30.2 Å². The third kappa shape index (κ3) is 2.42. The maximum atomic E-state index is 4.38. The van der Waals surface area contributed by atoms with Gasteiger partial charge in [0.05, 0.1) is 17.9 Å². The molecular weight excluding hydrogens is 248 g/mol. The lowest BCUT2D eigenvalue weighted by molar-refractivity contribution is 0.595. The number of nitrogens with zero attached hydrogens (tertiary/aromatic N) is 3. The van der Waals surface area contributed by atoms with Crippen LogP contribution in [0, 0.1) is 6.92 Å². The first-order valence-electron chi connectivity index (χ1n) is 6.78. The van der Waals surface area contributed by atoms with Crippen LogP contribution < -0.4 is 5.32 Å². The second kappa shape index (κ2) is 5.43. The average Bonchev–Trinajstić information content (AvgIpc) is 2.89. The third-order valence-electron chi connectivity index (χ3n) is 3.60. The molecule has 1 aromatic carbocycles. The summed E-state index contributed by atoms with van der Waals surface area (Å²) in [5.74, 6) is 0. The third-order valence-corrected chi connectivity index (χ3v) is 3.60. The average molecular weight is 266 g/mol. The molecule has 1 unspecified atom stereocenters. The van der Waals surface area contributed by atoms with Crippen LogP contribution in [0.1, 0.15) is 22.7 Å². The predicted molar refractivity (Wildman–Crippen MR) is 79.7 cm³/mol. The Morgan fingerprint density at radius 2 is 2.20 bits per heavy atom. The van der Waals surface area contributed by atoms with Crippen LogP contribution in [0.2, 0.25) is 0 Å². The molecule has 102 valence electrons. The highest BCUT2D eigenvalue weighted by Crippen LogP contribution is 2.22. The maximum Gasteiger partial charge on any atom is 0.0892 e. The number of benzene rings is 1. The lowest BCUT2D eigenvalue weighted by atomic mass is 9.99. The van der Waals surface area contributed by atoms with Crippen molar-refractivity contribution in [3.8, 4) is 0 Å². The molecule has 0 aliphatic heterocycles. The van der Waals surface area contributed by atoms with Gasteiger partial charge in [-0.1, -0.05) is 29.8 Å². The quantitative estimate of drug-likeness (QED) is 0.789. The number of hydrogen-bond acceptors (Lipinski definition) is 3. The molecule has 0 amide bonds. The normalized spacial score (nSPS) is 12.7. The number of hydrogen-bond donors (Lipinski definition) is 1. The number of aryl methyl sites for hydroxylation is 1. The summed E-state index contributed by atoms with van der Waals surface area (Å²) in [5, 5.41) is 7.77. The van der Waals surface area contributed by atoms with Crippen LogP contribution in [0.25, 0.3) is 5.52 Å². The van der Waals surface area contributed by atoms with Gasteiger partial charge in [0, 0.05) is 24.0 Å². The summed E-state index contributed by atoms with van der Waals surface area (Å²) in [5.41, 5.74) is 4.85. The van der Waals surface area contributed by atoms with Gasteiger partial charge in [-0.3, -0.25) is 4.98 Å². The topological polar surface area (TPSA) is 42.2 Å². The SMILES string of the molecule is CNC(Cc1cccc(C)c1)c1cnn2ccncc12. The van der Waals surface area contributed by atoms with Crippen molar-refractivity contribution >= 4 is 5.52 Å². The molecule has 0 saturated carbocycles. The van der Waals surface area contributed by atoms with Crippen LogP contribution >= 0.6 is 0 Å². The van der Waals surface area contributed by atoms with Gasteiger partial charge in [-0.2, -0.15) is 5.10 Å². The molecule has 0 radical (unpaired) electrons. The fraction of sp³-hybridized carbons (Fsp3) is 0.250. The van der Waals surface area contributed by atoms with Crippen LogP contribution in [-0.2, 0) is 6.42 Å².